The van der Waals surface area contributed by atoms with Gasteiger partial charge in [-0.1, -0.05) is 37.1 Å². The second-order valence-corrected chi connectivity index (χ2v) is 9.40. The Morgan fingerprint density at radius 3 is 2.68 bits per heavy atom. The molecule has 5 rings (SSSR count). The average molecular weight is 476 g/mol. The minimum atomic E-state index is 0.744. The third-order valence-corrected chi connectivity index (χ3v) is 7.06. The molecule has 0 unspecified atom stereocenters. The van der Waals surface area contributed by atoms with Crippen molar-refractivity contribution in [2.24, 2.45) is 0 Å². The van der Waals surface area contributed by atoms with Crippen molar-refractivity contribution in [3.63, 3.8) is 0 Å². The van der Waals surface area contributed by atoms with E-state index in [0.29, 0.717) is 0 Å². The summed E-state index contributed by atoms with van der Waals surface area (Å²) < 4.78 is 7.79. The van der Waals surface area contributed by atoms with Crippen LogP contribution in [0.2, 0.25) is 5.02 Å². The summed E-state index contributed by atoms with van der Waals surface area (Å²) in [5, 5.41) is 10.7. The molecule has 7 heteroatoms. The van der Waals surface area contributed by atoms with Gasteiger partial charge < -0.3 is 9.64 Å². The molecule has 0 atom stereocenters. The van der Waals surface area contributed by atoms with Crippen LogP contribution in [0.3, 0.4) is 0 Å². The van der Waals surface area contributed by atoms with Crippen molar-refractivity contribution < 1.29 is 14.0 Å². The van der Waals surface area contributed by atoms with Crippen LogP contribution in [0.4, 0.5) is 5.82 Å². The lowest BCUT2D eigenvalue weighted by atomic mass is 10.0. The number of pyridine rings is 1. The number of fused-ring (bicyclic) bond motifs is 3. The van der Waals surface area contributed by atoms with Crippen molar-refractivity contribution in [2.75, 3.05) is 38.2 Å². The van der Waals surface area contributed by atoms with Gasteiger partial charge in [-0.3, -0.25) is 9.88 Å². The number of nitrogens with zero attached hydrogens (tertiary/aromatic N) is 3. The van der Waals surface area contributed by atoms with Crippen LogP contribution in [0.1, 0.15) is 30.0 Å². The molecule has 3 heterocycles. The zero-order chi connectivity index (χ0) is 23.7. The highest BCUT2D eigenvalue weighted by Gasteiger charge is 2.30. The van der Waals surface area contributed by atoms with Gasteiger partial charge in [-0.05, 0) is 42.3 Å². The molecule has 1 fully saturated rings. The highest BCUT2D eigenvalue weighted by atomic mass is 35.5. The molecule has 2 aromatic carbocycles. The van der Waals surface area contributed by atoms with Crippen LogP contribution in [-0.2, 0) is 13.0 Å². The SMILES string of the molecule is CCCc1cc(N2CC[NH+](Cc3cc(Cl)ccc3OC)CC2)[n+]2c([nH]c3ccccc32)c1C#N. The van der Waals surface area contributed by atoms with Crippen LogP contribution in [0.5, 0.6) is 5.75 Å². The Hall–Kier alpha value is -3.27. The van der Waals surface area contributed by atoms with E-state index in [2.05, 4.69) is 51.5 Å². The molecule has 6 nitrogen and oxygen atoms in total. The Morgan fingerprint density at radius 2 is 1.94 bits per heavy atom. The van der Waals surface area contributed by atoms with Gasteiger partial charge in [0.25, 0.3) is 0 Å². The quantitative estimate of drug-likeness (QED) is 0.421. The summed E-state index contributed by atoms with van der Waals surface area (Å²) in [5.41, 5.74) is 6.05. The Balaban J connectivity index is 1.47. The maximum Gasteiger partial charge on any atom is 0.250 e. The van der Waals surface area contributed by atoms with Gasteiger partial charge in [0.2, 0.25) is 11.5 Å². The van der Waals surface area contributed by atoms with Gasteiger partial charge >= 0.3 is 0 Å². The Bertz CT molecular complexity index is 1380. The number of aryl methyl sites for hydroxylation is 1. The van der Waals surface area contributed by atoms with Crippen molar-refractivity contribution in [1.82, 2.24) is 4.98 Å². The zero-order valence-corrected chi connectivity index (χ0v) is 20.5. The van der Waals surface area contributed by atoms with Crippen molar-refractivity contribution >= 4 is 34.1 Å². The fourth-order valence-electron chi connectivity index (χ4n) is 5.14. The van der Waals surface area contributed by atoms with E-state index in [1.807, 2.05) is 24.3 Å². The number of ether oxygens (including phenoxy) is 1. The predicted molar refractivity (Wildman–Crippen MR) is 135 cm³/mol. The molecule has 1 saturated heterocycles. The smallest absolute Gasteiger partial charge is 0.250 e. The first-order chi connectivity index (χ1) is 16.6. The third kappa shape index (κ3) is 4.06. The van der Waals surface area contributed by atoms with Crippen molar-refractivity contribution in [3.05, 3.63) is 70.2 Å². The van der Waals surface area contributed by atoms with E-state index in [1.165, 1.54) is 4.90 Å². The molecular formula is C27H30ClN5O+2. The normalized spacial score (nSPS) is 14.6. The molecule has 4 aromatic rings. The number of nitriles is 1. The van der Waals surface area contributed by atoms with E-state index in [9.17, 15) is 5.26 Å². The maximum atomic E-state index is 9.99. The van der Waals surface area contributed by atoms with E-state index in [1.54, 1.807) is 7.11 Å². The minimum absolute atomic E-state index is 0.744. The van der Waals surface area contributed by atoms with Crippen molar-refractivity contribution in [2.45, 2.75) is 26.3 Å². The first-order valence-corrected chi connectivity index (χ1v) is 12.3. The first-order valence-electron chi connectivity index (χ1n) is 11.9. The van der Waals surface area contributed by atoms with Gasteiger partial charge in [-0.15, -0.1) is 0 Å². The molecule has 1 aliphatic rings. The summed E-state index contributed by atoms with van der Waals surface area (Å²) in [5.74, 6) is 2.06. The Labute approximate surface area is 204 Å². The molecule has 0 amide bonds. The van der Waals surface area contributed by atoms with Gasteiger partial charge in [-0.25, -0.2) is 0 Å². The highest BCUT2D eigenvalue weighted by Crippen LogP contribution is 2.25. The van der Waals surface area contributed by atoms with Crippen LogP contribution in [0, 0.1) is 11.3 Å². The van der Waals surface area contributed by atoms with Crippen molar-refractivity contribution in [1.29, 1.82) is 5.26 Å². The summed E-state index contributed by atoms with van der Waals surface area (Å²) in [4.78, 5) is 7.50. The van der Waals surface area contributed by atoms with E-state index in [-0.39, 0.29) is 0 Å². The molecule has 174 valence electrons. The van der Waals surface area contributed by atoms with Crippen molar-refractivity contribution in [3.8, 4) is 11.8 Å². The maximum absolute atomic E-state index is 9.99. The molecule has 0 bridgehead atoms. The lowest BCUT2D eigenvalue weighted by Crippen LogP contribution is -3.13. The predicted octanol–water partition coefficient (Wildman–Crippen LogP) is 3.30. The highest BCUT2D eigenvalue weighted by molar-refractivity contribution is 6.30. The second kappa shape index (κ2) is 9.54. The van der Waals surface area contributed by atoms with Crippen LogP contribution >= 0.6 is 11.6 Å². The summed E-state index contributed by atoms with van der Waals surface area (Å²) >= 11 is 6.25. The zero-order valence-electron chi connectivity index (χ0n) is 19.7. The number of H-pyrrole nitrogens is 1. The number of aromatic amines is 1. The molecule has 1 aliphatic heterocycles. The van der Waals surface area contributed by atoms with E-state index < -0.39 is 0 Å². The molecule has 2 aromatic heterocycles. The molecule has 0 radical (unpaired) electrons. The van der Waals surface area contributed by atoms with Gasteiger partial charge in [-0.2, -0.15) is 9.66 Å². The topological polar surface area (TPSA) is 60.6 Å². The largest absolute Gasteiger partial charge is 0.496 e. The Morgan fingerprint density at radius 1 is 1.15 bits per heavy atom. The number of nitrogens with one attached hydrogen (secondary N) is 2. The summed E-state index contributed by atoms with van der Waals surface area (Å²) in [7, 11) is 1.71. The number of piperazine rings is 1. The fourth-order valence-corrected chi connectivity index (χ4v) is 5.34. The van der Waals surface area contributed by atoms with Gasteiger partial charge in [0.15, 0.2) is 0 Å². The number of hydrogen-bond donors (Lipinski definition) is 2. The molecule has 2 N–H and O–H groups in total. The van der Waals surface area contributed by atoms with Crippen LogP contribution in [-0.4, -0.2) is 38.3 Å². The number of benzene rings is 2. The number of halogens is 1. The van der Waals surface area contributed by atoms with Gasteiger partial charge in [0.1, 0.15) is 61.1 Å². The van der Waals surface area contributed by atoms with Gasteiger partial charge in [0.05, 0.1) is 7.11 Å². The number of aromatic nitrogens is 2. The lowest BCUT2D eigenvalue weighted by molar-refractivity contribution is -0.914. The number of quaternary nitrogens is 1. The van der Waals surface area contributed by atoms with E-state index in [4.69, 9.17) is 16.3 Å². The summed E-state index contributed by atoms with van der Waals surface area (Å²) in [6, 6.07) is 18.8. The Kier molecular flexibility index (Phi) is 6.32. The molecule has 0 saturated carbocycles. The van der Waals surface area contributed by atoms with Crippen LogP contribution in [0.25, 0.3) is 16.7 Å². The fraction of sp³-hybridized carbons (Fsp3) is 0.333. The average Bonchev–Trinajstić information content (AvgIpc) is 3.24. The number of methoxy groups -OCH3 is 1. The molecular weight excluding hydrogens is 446 g/mol. The third-order valence-electron chi connectivity index (χ3n) is 6.82. The number of imidazole rings is 1. The summed E-state index contributed by atoms with van der Waals surface area (Å²) in [6.07, 6.45) is 1.89. The number of rotatable bonds is 6. The number of hydrogen-bond acceptors (Lipinski definition) is 3. The van der Waals surface area contributed by atoms with Crippen LogP contribution < -0.4 is 18.9 Å². The molecule has 0 aliphatic carbocycles. The molecule has 34 heavy (non-hydrogen) atoms. The van der Waals surface area contributed by atoms with E-state index >= 15 is 0 Å². The monoisotopic (exact) mass is 475 g/mol. The van der Waals surface area contributed by atoms with E-state index in [0.717, 1.165) is 95.5 Å². The second-order valence-electron chi connectivity index (χ2n) is 8.96. The first kappa shape index (κ1) is 22.5. The summed E-state index contributed by atoms with van der Waals surface area (Å²) in [6.45, 7) is 6.97. The van der Waals surface area contributed by atoms with Gasteiger partial charge in [0, 0.05) is 16.7 Å². The lowest BCUT2D eigenvalue weighted by Gasteiger charge is -2.31. The molecule has 0 spiro atoms. The minimum Gasteiger partial charge on any atom is -0.496 e. The number of para-hydroxylation sites is 2. The standard InChI is InChI=1S/C27H28ClN5O/c1-3-6-19-16-26(33-24-8-5-4-7-23(24)30-27(33)22(19)17-29)32-13-11-31(12-14-32)18-20-15-21(28)9-10-25(20)34-2/h4-5,7-10,15-16H,3,6,11-14,18H2,1-2H3/p+2. The number of anilines is 1. The van der Waals surface area contributed by atoms with Crippen LogP contribution in [0.15, 0.2) is 48.5 Å².